The Morgan fingerprint density at radius 3 is 1.46 bits per heavy atom. The molecule has 1 heteroatoms. The number of benzene rings is 9. The van der Waals surface area contributed by atoms with Gasteiger partial charge in [-0.15, -0.1) is 0 Å². The van der Waals surface area contributed by atoms with Gasteiger partial charge in [0.1, 0.15) is 0 Å². The van der Waals surface area contributed by atoms with Gasteiger partial charge in [0.2, 0.25) is 6.71 Å². The highest BCUT2D eigenvalue weighted by molar-refractivity contribution is 6.98. The number of fused-ring (bicyclic) bond motifs is 5. The summed E-state index contributed by atoms with van der Waals surface area (Å²) in [6, 6.07) is 74.6. The minimum atomic E-state index is -0.405. The van der Waals surface area contributed by atoms with E-state index in [1.54, 1.807) is 0 Å². The Morgan fingerprint density at radius 1 is 0.370 bits per heavy atom. The Bertz CT molecular complexity index is 2720. The lowest BCUT2D eigenvalue weighted by molar-refractivity contribution is 0.768. The van der Waals surface area contributed by atoms with Crippen molar-refractivity contribution >= 4 is 44.6 Å². The summed E-state index contributed by atoms with van der Waals surface area (Å²) in [5, 5.41) is 5.17. The summed E-state index contributed by atoms with van der Waals surface area (Å²) in [6.45, 7) is 4.61. The topological polar surface area (TPSA) is 0 Å². The third-order valence-electron chi connectivity index (χ3n) is 12.0. The minimum Gasteiger partial charge on any atom is -0.0680 e. The fourth-order valence-electron chi connectivity index (χ4n) is 9.58. The van der Waals surface area contributed by atoms with Gasteiger partial charge in [-0.05, 0) is 79.9 Å². The van der Waals surface area contributed by atoms with E-state index in [4.69, 9.17) is 0 Å². The van der Waals surface area contributed by atoms with E-state index in [-0.39, 0.29) is 6.71 Å². The molecule has 0 unspecified atom stereocenters. The molecular weight excluding hydrogens is 647 g/mol. The molecule has 0 spiro atoms. The molecule has 0 heterocycles. The third kappa shape index (κ3) is 4.92. The molecule has 1 aliphatic rings. The molecule has 0 nitrogen and oxygen atoms in total. The summed E-state index contributed by atoms with van der Waals surface area (Å²) < 4.78 is 0. The van der Waals surface area contributed by atoms with Crippen molar-refractivity contribution in [2.24, 2.45) is 0 Å². The summed E-state index contributed by atoms with van der Waals surface area (Å²) >= 11 is 0. The molecule has 0 fully saturated rings. The van der Waals surface area contributed by atoms with Crippen LogP contribution in [0.2, 0.25) is 0 Å². The van der Waals surface area contributed by atoms with Crippen LogP contribution in [0.4, 0.5) is 0 Å². The van der Waals surface area contributed by atoms with Crippen molar-refractivity contribution < 1.29 is 0 Å². The molecule has 9 aromatic rings. The second-order valence-electron chi connectivity index (χ2n) is 14.9. The van der Waals surface area contributed by atoms with Gasteiger partial charge in [0, 0.05) is 0 Å². The van der Waals surface area contributed by atoms with Gasteiger partial charge in [0.15, 0.2) is 0 Å². The smallest absolute Gasteiger partial charge is 0.0680 e. The monoisotopic (exact) mass is 686 g/mol. The summed E-state index contributed by atoms with van der Waals surface area (Å²) in [5.74, 6) is 0. The molecule has 10 rings (SSSR count). The molecular formula is C53H39B. The van der Waals surface area contributed by atoms with Gasteiger partial charge >= 0.3 is 0 Å². The molecule has 0 bridgehead atoms. The summed E-state index contributed by atoms with van der Waals surface area (Å²) in [6.07, 6.45) is 0. The van der Waals surface area contributed by atoms with E-state index in [0.717, 1.165) is 0 Å². The van der Waals surface area contributed by atoms with E-state index in [1.165, 1.54) is 93.6 Å². The van der Waals surface area contributed by atoms with E-state index in [9.17, 15) is 0 Å². The normalized spacial score (nSPS) is 12.8. The van der Waals surface area contributed by atoms with Crippen LogP contribution >= 0.6 is 0 Å². The van der Waals surface area contributed by atoms with E-state index < -0.39 is 5.41 Å². The zero-order chi connectivity index (χ0) is 36.2. The number of rotatable bonds is 6. The van der Waals surface area contributed by atoms with Crippen molar-refractivity contribution in [3.63, 3.8) is 0 Å². The average molecular weight is 687 g/mol. The largest absolute Gasteiger partial charge is 0.243 e. The minimum absolute atomic E-state index is 0.0502. The zero-order valence-electron chi connectivity index (χ0n) is 30.6. The Labute approximate surface area is 318 Å². The summed E-state index contributed by atoms with van der Waals surface area (Å²) in [7, 11) is 0. The fraction of sp³-hybridized carbons (Fsp3) is 0.0566. The van der Waals surface area contributed by atoms with Gasteiger partial charge in [-0.3, -0.25) is 0 Å². The number of hydrogen-bond donors (Lipinski definition) is 0. The Kier molecular flexibility index (Phi) is 7.70. The molecule has 0 radical (unpaired) electrons. The lowest BCUT2D eigenvalue weighted by Gasteiger charge is -2.34. The third-order valence-corrected chi connectivity index (χ3v) is 12.0. The molecule has 1 aliphatic carbocycles. The Balaban J connectivity index is 1.15. The van der Waals surface area contributed by atoms with Gasteiger partial charge in [-0.1, -0.05) is 228 Å². The van der Waals surface area contributed by atoms with Crippen LogP contribution in [0.3, 0.4) is 0 Å². The van der Waals surface area contributed by atoms with Gasteiger partial charge in [0.05, 0.1) is 5.41 Å². The van der Waals surface area contributed by atoms with Crippen molar-refractivity contribution in [2.45, 2.75) is 19.3 Å². The molecule has 0 aliphatic heterocycles. The maximum atomic E-state index is 2.44. The SMILES string of the molecule is Cc1ccc2ccccc2c1B(c1cccc(-c2ccc(C3(c4ccccc4)c4ccccc4-c4ccccc43)cc2)c1)c1c(C)ccc2ccccc12. The molecule has 0 atom stereocenters. The first kappa shape index (κ1) is 32.2. The van der Waals surface area contributed by atoms with Crippen molar-refractivity contribution in [2.75, 3.05) is 0 Å². The van der Waals surface area contributed by atoms with E-state index in [1.807, 2.05) is 0 Å². The molecule has 0 amide bonds. The first-order valence-corrected chi connectivity index (χ1v) is 19.1. The second-order valence-corrected chi connectivity index (χ2v) is 14.9. The predicted molar refractivity (Wildman–Crippen MR) is 231 cm³/mol. The first-order valence-electron chi connectivity index (χ1n) is 19.1. The van der Waals surface area contributed by atoms with Crippen LogP contribution in [-0.2, 0) is 5.41 Å². The maximum Gasteiger partial charge on any atom is 0.243 e. The first-order chi connectivity index (χ1) is 26.6. The van der Waals surface area contributed by atoms with Crippen LogP contribution in [0.25, 0.3) is 43.8 Å². The maximum absolute atomic E-state index is 2.44. The van der Waals surface area contributed by atoms with Crippen LogP contribution in [0.5, 0.6) is 0 Å². The van der Waals surface area contributed by atoms with E-state index in [2.05, 4.69) is 214 Å². The lowest BCUT2D eigenvalue weighted by Crippen LogP contribution is -2.54. The van der Waals surface area contributed by atoms with Gasteiger partial charge in [-0.25, -0.2) is 0 Å². The molecule has 0 N–H and O–H groups in total. The summed E-state index contributed by atoms with van der Waals surface area (Å²) in [4.78, 5) is 0. The Hall–Kier alpha value is -6.44. The van der Waals surface area contributed by atoms with Crippen LogP contribution in [0.15, 0.2) is 200 Å². The highest BCUT2D eigenvalue weighted by Crippen LogP contribution is 2.56. The van der Waals surface area contributed by atoms with Crippen molar-refractivity contribution in [1.29, 1.82) is 0 Å². The molecule has 254 valence electrons. The highest BCUT2D eigenvalue weighted by Gasteiger charge is 2.45. The van der Waals surface area contributed by atoms with Gasteiger partial charge in [-0.2, -0.15) is 0 Å². The lowest BCUT2D eigenvalue weighted by atomic mass is 9.34. The quantitative estimate of drug-likeness (QED) is 0.153. The second kappa shape index (κ2) is 12.9. The highest BCUT2D eigenvalue weighted by atomic mass is 14.5. The van der Waals surface area contributed by atoms with Crippen molar-refractivity contribution in [1.82, 2.24) is 0 Å². The Morgan fingerprint density at radius 2 is 0.870 bits per heavy atom. The van der Waals surface area contributed by atoms with E-state index >= 15 is 0 Å². The number of aryl methyl sites for hydroxylation is 2. The standard InChI is InChI=1S/C53H39B/c1-36-27-29-39-15-6-8-21-45(39)51(36)54(52-37(2)28-30-40-16-7-9-22-46(40)52)44-20-14-17-41(35-44)38-31-33-43(34-32-38)53(42-18-4-3-5-19-42)49-25-12-10-23-47(49)48-24-11-13-26-50(48)53/h3-35H,1-2H3. The van der Waals surface area contributed by atoms with Gasteiger partial charge in [0.25, 0.3) is 0 Å². The van der Waals surface area contributed by atoms with Gasteiger partial charge < -0.3 is 0 Å². The average Bonchev–Trinajstić information content (AvgIpc) is 3.54. The zero-order valence-corrected chi connectivity index (χ0v) is 30.6. The molecule has 9 aromatic carbocycles. The molecule has 54 heavy (non-hydrogen) atoms. The van der Waals surface area contributed by atoms with Crippen molar-refractivity contribution in [3.05, 3.63) is 234 Å². The van der Waals surface area contributed by atoms with Crippen molar-refractivity contribution in [3.8, 4) is 22.3 Å². The molecule has 0 aromatic heterocycles. The van der Waals surface area contributed by atoms with Crippen LogP contribution in [-0.4, -0.2) is 6.71 Å². The molecule has 0 saturated carbocycles. The number of hydrogen-bond acceptors (Lipinski definition) is 0. The predicted octanol–water partition coefficient (Wildman–Crippen LogP) is 11.2. The molecule has 0 saturated heterocycles. The van der Waals surface area contributed by atoms with Crippen LogP contribution < -0.4 is 16.4 Å². The van der Waals surface area contributed by atoms with E-state index in [0.29, 0.717) is 0 Å². The van der Waals surface area contributed by atoms with Crippen LogP contribution in [0, 0.1) is 13.8 Å². The fourth-order valence-corrected chi connectivity index (χ4v) is 9.58. The van der Waals surface area contributed by atoms with Crippen LogP contribution in [0.1, 0.15) is 33.4 Å². The summed E-state index contributed by atoms with van der Waals surface area (Å²) in [5.41, 5.74) is 16.6.